The van der Waals surface area contributed by atoms with E-state index in [1.807, 2.05) is 7.05 Å². The first kappa shape index (κ1) is 24.6. The van der Waals surface area contributed by atoms with Crippen LogP contribution in [-0.2, 0) is 0 Å². The molecule has 0 aromatic heterocycles. The zero-order chi connectivity index (χ0) is 4.12. The van der Waals surface area contributed by atoms with E-state index in [9.17, 15) is 0 Å². The molecule has 1 nitrogen and oxygen atoms in total. The summed E-state index contributed by atoms with van der Waals surface area (Å²) in [5.41, 5.74) is 0. The molecule has 0 bridgehead atoms. The predicted molar refractivity (Wildman–Crippen MR) is 44.4 cm³/mol. The highest BCUT2D eigenvalue weighted by Gasteiger charge is 1.64. The molecular weight excluding hydrogens is 98.1 g/mol. The highest BCUT2D eigenvalue weighted by molar-refractivity contribution is 4.28. The summed E-state index contributed by atoms with van der Waals surface area (Å²) < 4.78 is 0. The van der Waals surface area contributed by atoms with Crippen LogP contribution in [0.4, 0.5) is 0 Å². The first-order valence-corrected chi connectivity index (χ1v) is 2.06. The molecule has 1 N–H and O–H groups in total. The van der Waals surface area contributed by atoms with Gasteiger partial charge in [0.25, 0.3) is 0 Å². The van der Waals surface area contributed by atoms with E-state index in [2.05, 4.69) is 12.2 Å². The third-order valence-electron chi connectivity index (χ3n) is 0.500. The SMILES string of the molecule is C.C.C.CCCNC. The summed E-state index contributed by atoms with van der Waals surface area (Å²) in [4.78, 5) is 0. The topological polar surface area (TPSA) is 12.0 Å². The molecule has 1 heteroatoms. The molecule has 0 amide bonds. The molecule has 0 radical (unpaired) electrons. The first-order chi connectivity index (χ1) is 2.41. The average molecular weight is 121 g/mol. The quantitative estimate of drug-likeness (QED) is 0.592. The van der Waals surface area contributed by atoms with Crippen molar-refractivity contribution in [1.82, 2.24) is 5.32 Å². The van der Waals surface area contributed by atoms with Gasteiger partial charge in [-0.25, -0.2) is 0 Å². The van der Waals surface area contributed by atoms with Crippen LogP contribution < -0.4 is 5.32 Å². The second-order valence-corrected chi connectivity index (χ2v) is 1.10. The van der Waals surface area contributed by atoms with Crippen LogP contribution in [0.2, 0.25) is 0 Å². The normalized spacial score (nSPS) is 5.25. The summed E-state index contributed by atoms with van der Waals surface area (Å²) in [5.74, 6) is 0. The highest BCUT2D eigenvalue weighted by Crippen LogP contribution is 1.62. The molecule has 0 aromatic rings. The van der Waals surface area contributed by atoms with Crippen molar-refractivity contribution in [3.05, 3.63) is 0 Å². The molecule has 0 heterocycles. The fourth-order valence-electron chi connectivity index (χ4n) is 0.250. The Balaban J connectivity index is -0.0000000267. The number of hydrogen-bond acceptors (Lipinski definition) is 1. The van der Waals surface area contributed by atoms with E-state index in [1.54, 1.807) is 0 Å². The molecule has 56 valence electrons. The van der Waals surface area contributed by atoms with Gasteiger partial charge in [-0.3, -0.25) is 0 Å². The van der Waals surface area contributed by atoms with Gasteiger partial charge in [0, 0.05) is 0 Å². The maximum atomic E-state index is 3.02. The zero-order valence-corrected chi connectivity index (χ0v) is 3.91. The van der Waals surface area contributed by atoms with Crippen LogP contribution in [0.25, 0.3) is 0 Å². The minimum absolute atomic E-state index is 0. The summed E-state index contributed by atoms with van der Waals surface area (Å²) in [6.07, 6.45) is 1.23. The van der Waals surface area contributed by atoms with E-state index < -0.39 is 0 Å². The Kier molecular flexibility index (Phi) is 86.7. The van der Waals surface area contributed by atoms with E-state index in [-0.39, 0.29) is 22.3 Å². The molecule has 8 heavy (non-hydrogen) atoms. The van der Waals surface area contributed by atoms with Gasteiger partial charge in [0.15, 0.2) is 0 Å². The smallest absolute Gasteiger partial charge is 0.00546 e. The van der Waals surface area contributed by atoms with Gasteiger partial charge in [0.1, 0.15) is 0 Å². The number of nitrogens with one attached hydrogen (secondary N) is 1. The van der Waals surface area contributed by atoms with E-state index in [4.69, 9.17) is 0 Å². The van der Waals surface area contributed by atoms with Crippen LogP contribution in [0.15, 0.2) is 0 Å². The van der Waals surface area contributed by atoms with Gasteiger partial charge in [0.05, 0.1) is 0 Å². The second-order valence-electron chi connectivity index (χ2n) is 1.10. The van der Waals surface area contributed by atoms with Crippen LogP contribution in [-0.4, -0.2) is 13.6 Å². The molecule has 0 aliphatic heterocycles. The van der Waals surface area contributed by atoms with Gasteiger partial charge in [-0.15, -0.1) is 0 Å². The zero-order valence-electron chi connectivity index (χ0n) is 3.91. The predicted octanol–water partition coefficient (Wildman–Crippen LogP) is 2.52. The average Bonchev–Trinajstić information content (AvgIpc) is 1.41. The maximum absolute atomic E-state index is 3.02. The standard InChI is InChI=1S/C4H11N.3CH4/c1-3-4-5-2;;;/h5H,3-4H2,1-2H3;3*1H4. The van der Waals surface area contributed by atoms with E-state index in [0.29, 0.717) is 0 Å². The Morgan fingerprint density at radius 3 is 1.50 bits per heavy atom. The Morgan fingerprint density at radius 1 is 1.12 bits per heavy atom. The van der Waals surface area contributed by atoms with Crippen molar-refractivity contribution in [1.29, 1.82) is 0 Å². The van der Waals surface area contributed by atoms with Gasteiger partial charge < -0.3 is 5.32 Å². The summed E-state index contributed by atoms with van der Waals surface area (Å²) in [7, 11) is 1.96. The molecule has 0 aromatic carbocycles. The number of hydrogen-bond donors (Lipinski definition) is 1. The third kappa shape index (κ3) is 38.2. The molecule has 0 atom stereocenters. The Morgan fingerprint density at radius 2 is 1.50 bits per heavy atom. The molecule has 0 saturated heterocycles. The van der Waals surface area contributed by atoms with Gasteiger partial charge in [-0.1, -0.05) is 29.2 Å². The lowest BCUT2D eigenvalue weighted by Crippen LogP contribution is -2.04. The molecule has 0 rings (SSSR count). The fourth-order valence-corrected chi connectivity index (χ4v) is 0.250. The molecule has 0 fully saturated rings. The third-order valence-corrected chi connectivity index (χ3v) is 0.500. The van der Waals surface area contributed by atoms with E-state index >= 15 is 0 Å². The lowest BCUT2D eigenvalue weighted by molar-refractivity contribution is 0.772. The van der Waals surface area contributed by atoms with Crippen LogP contribution >= 0.6 is 0 Å². The Bertz CT molecular complexity index is 11.9. The van der Waals surface area contributed by atoms with Gasteiger partial charge in [0.2, 0.25) is 0 Å². The fraction of sp³-hybridized carbons (Fsp3) is 1.00. The summed E-state index contributed by atoms with van der Waals surface area (Å²) >= 11 is 0. The monoisotopic (exact) mass is 121 g/mol. The van der Waals surface area contributed by atoms with Crippen molar-refractivity contribution in [3.63, 3.8) is 0 Å². The second kappa shape index (κ2) is 28.2. The van der Waals surface area contributed by atoms with Crippen molar-refractivity contribution < 1.29 is 0 Å². The van der Waals surface area contributed by atoms with Gasteiger partial charge in [-0.2, -0.15) is 0 Å². The minimum Gasteiger partial charge on any atom is -0.320 e. The van der Waals surface area contributed by atoms with E-state index in [0.717, 1.165) is 6.54 Å². The minimum atomic E-state index is 0. The van der Waals surface area contributed by atoms with E-state index in [1.165, 1.54) is 6.42 Å². The van der Waals surface area contributed by atoms with Crippen LogP contribution in [0.5, 0.6) is 0 Å². The maximum Gasteiger partial charge on any atom is -0.00546 e. The Hall–Kier alpha value is -0.0400. The lowest BCUT2D eigenvalue weighted by atomic mass is 10.5. The Labute approximate surface area is 55.5 Å². The van der Waals surface area contributed by atoms with Crippen LogP contribution in [0.3, 0.4) is 0 Å². The highest BCUT2D eigenvalue weighted by atomic mass is 14.8. The largest absolute Gasteiger partial charge is 0.320 e. The van der Waals surface area contributed by atoms with Crippen molar-refractivity contribution in [2.75, 3.05) is 13.6 Å². The first-order valence-electron chi connectivity index (χ1n) is 2.06. The summed E-state index contributed by atoms with van der Waals surface area (Å²) in [6, 6.07) is 0. The summed E-state index contributed by atoms with van der Waals surface area (Å²) in [6.45, 7) is 3.29. The van der Waals surface area contributed by atoms with Crippen molar-refractivity contribution in [2.45, 2.75) is 35.6 Å². The molecule has 0 aliphatic carbocycles. The molecular formula is C7H23N. The molecule has 0 unspecified atom stereocenters. The van der Waals surface area contributed by atoms with Gasteiger partial charge in [-0.05, 0) is 20.0 Å². The van der Waals surface area contributed by atoms with Crippen LogP contribution in [0, 0.1) is 0 Å². The van der Waals surface area contributed by atoms with Crippen molar-refractivity contribution in [2.24, 2.45) is 0 Å². The van der Waals surface area contributed by atoms with Crippen molar-refractivity contribution >= 4 is 0 Å². The molecule has 0 spiro atoms. The van der Waals surface area contributed by atoms with Crippen LogP contribution in [0.1, 0.15) is 35.6 Å². The number of rotatable bonds is 2. The molecule has 0 aliphatic rings. The van der Waals surface area contributed by atoms with Crippen molar-refractivity contribution in [3.8, 4) is 0 Å². The lowest BCUT2D eigenvalue weighted by Gasteiger charge is -1.84. The summed E-state index contributed by atoms with van der Waals surface area (Å²) in [5, 5.41) is 3.02. The van der Waals surface area contributed by atoms with Gasteiger partial charge >= 0.3 is 0 Å². The molecule has 0 saturated carbocycles.